The van der Waals surface area contributed by atoms with E-state index in [2.05, 4.69) is 6.58 Å². The highest BCUT2D eigenvalue weighted by molar-refractivity contribution is 5.52. The lowest BCUT2D eigenvalue weighted by atomic mass is 10.0. The molecule has 1 aromatic carbocycles. The highest BCUT2D eigenvalue weighted by Gasteiger charge is 2.05. The zero-order valence-electron chi connectivity index (χ0n) is 6.92. The number of hydrogen-bond donors (Lipinski definition) is 1. The minimum absolute atomic E-state index is 0.311. The first-order valence-electron chi connectivity index (χ1n) is 3.75. The van der Waals surface area contributed by atoms with Crippen LogP contribution >= 0.6 is 0 Å². The average molecular weight is 166 g/mol. The van der Waals surface area contributed by atoms with E-state index in [4.69, 9.17) is 0 Å². The molecule has 1 N–H and O–H groups in total. The first-order valence-corrected chi connectivity index (χ1v) is 3.75. The molecule has 0 radical (unpaired) electrons. The molecule has 0 saturated carbocycles. The van der Waals surface area contributed by atoms with E-state index < -0.39 is 6.10 Å². The van der Waals surface area contributed by atoms with Crippen LogP contribution in [0.15, 0.2) is 24.8 Å². The summed E-state index contributed by atoms with van der Waals surface area (Å²) in [5.41, 5.74) is 1.34. The maximum absolute atomic E-state index is 12.7. The lowest BCUT2D eigenvalue weighted by Gasteiger charge is -2.08. The van der Waals surface area contributed by atoms with Crippen molar-refractivity contribution >= 4 is 6.08 Å². The highest BCUT2D eigenvalue weighted by atomic mass is 19.1. The molecule has 0 bridgehead atoms. The zero-order valence-corrected chi connectivity index (χ0v) is 6.92. The Morgan fingerprint density at radius 3 is 2.75 bits per heavy atom. The van der Waals surface area contributed by atoms with Crippen LogP contribution in [-0.2, 0) is 0 Å². The second kappa shape index (κ2) is 3.50. The molecular weight excluding hydrogens is 155 g/mol. The van der Waals surface area contributed by atoms with E-state index in [9.17, 15) is 9.50 Å². The molecule has 1 nitrogen and oxygen atoms in total. The van der Waals surface area contributed by atoms with Gasteiger partial charge in [-0.05, 0) is 30.2 Å². The Kier molecular flexibility index (Phi) is 2.61. The SMILES string of the molecule is C=Cc1cc(F)ccc1C(C)O. The summed E-state index contributed by atoms with van der Waals surface area (Å²) in [6, 6.07) is 4.25. The third-order valence-corrected chi connectivity index (χ3v) is 1.72. The van der Waals surface area contributed by atoms with Crippen LogP contribution < -0.4 is 0 Å². The van der Waals surface area contributed by atoms with E-state index in [1.807, 2.05) is 0 Å². The van der Waals surface area contributed by atoms with Gasteiger partial charge < -0.3 is 5.11 Å². The van der Waals surface area contributed by atoms with Gasteiger partial charge in [0, 0.05) is 0 Å². The van der Waals surface area contributed by atoms with Crippen LogP contribution in [0.3, 0.4) is 0 Å². The average Bonchev–Trinajstić information content (AvgIpc) is 2.03. The number of aliphatic hydroxyl groups excluding tert-OH is 1. The first kappa shape index (κ1) is 8.94. The van der Waals surface area contributed by atoms with Crippen molar-refractivity contribution in [3.05, 3.63) is 41.7 Å². The third-order valence-electron chi connectivity index (χ3n) is 1.72. The number of halogens is 1. The Balaban J connectivity index is 3.20. The Labute approximate surface area is 71.2 Å². The maximum Gasteiger partial charge on any atom is 0.123 e. The van der Waals surface area contributed by atoms with Crippen molar-refractivity contribution in [1.82, 2.24) is 0 Å². The highest BCUT2D eigenvalue weighted by Crippen LogP contribution is 2.19. The molecule has 0 aromatic heterocycles. The molecule has 2 heteroatoms. The van der Waals surface area contributed by atoms with Crippen molar-refractivity contribution in [2.75, 3.05) is 0 Å². The van der Waals surface area contributed by atoms with Gasteiger partial charge in [-0.15, -0.1) is 0 Å². The van der Waals surface area contributed by atoms with Gasteiger partial charge in [-0.25, -0.2) is 4.39 Å². The molecule has 64 valence electrons. The summed E-state index contributed by atoms with van der Waals surface area (Å²) in [5, 5.41) is 9.26. The van der Waals surface area contributed by atoms with Gasteiger partial charge in [-0.2, -0.15) is 0 Å². The molecule has 1 rings (SSSR count). The fraction of sp³-hybridized carbons (Fsp3) is 0.200. The molecular formula is C10H11FO. The molecule has 0 spiro atoms. The Morgan fingerprint density at radius 2 is 2.25 bits per heavy atom. The second-order valence-corrected chi connectivity index (χ2v) is 2.65. The van der Waals surface area contributed by atoms with Crippen LogP contribution in [0.5, 0.6) is 0 Å². The quantitative estimate of drug-likeness (QED) is 0.715. The summed E-state index contributed by atoms with van der Waals surface area (Å²) in [6.45, 7) is 5.18. The van der Waals surface area contributed by atoms with Crippen molar-refractivity contribution < 1.29 is 9.50 Å². The van der Waals surface area contributed by atoms with Gasteiger partial charge in [-0.3, -0.25) is 0 Å². The smallest absolute Gasteiger partial charge is 0.123 e. The normalized spacial score (nSPS) is 12.6. The van der Waals surface area contributed by atoms with E-state index in [0.29, 0.717) is 11.1 Å². The van der Waals surface area contributed by atoms with Crippen LogP contribution in [0.4, 0.5) is 4.39 Å². The van der Waals surface area contributed by atoms with E-state index in [1.165, 1.54) is 18.2 Å². The zero-order chi connectivity index (χ0) is 9.14. The van der Waals surface area contributed by atoms with Crippen LogP contribution in [0, 0.1) is 5.82 Å². The molecule has 0 amide bonds. The van der Waals surface area contributed by atoms with E-state index >= 15 is 0 Å². The van der Waals surface area contributed by atoms with E-state index in [0.717, 1.165) is 0 Å². The van der Waals surface area contributed by atoms with Crippen molar-refractivity contribution in [3.8, 4) is 0 Å². The van der Waals surface area contributed by atoms with Crippen LogP contribution in [0.2, 0.25) is 0 Å². The molecule has 0 aliphatic carbocycles. The minimum Gasteiger partial charge on any atom is -0.389 e. The fourth-order valence-corrected chi connectivity index (χ4v) is 1.10. The van der Waals surface area contributed by atoms with Gasteiger partial charge in [0.2, 0.25) is 0 Å². The van der Waals surface area contributed by atoms with Gasteiger partial charge in [0.15, 0.2) is 0 Å². The van der Waals surface area contributed by atoms with E-state index in [1.54, 1.807) is 13.0 Å². The van der Waals surface area contributed by atoms with Gasteiger partial charge >= 0.3 is 0 Å². The lowest BCUT2D eigenvalue weighted by Crippen LogP contribution is -1.94. The number of benzene rings is 1. The van der Waals surface area contributed by atoms with Crippen molar-refractivity contribution in [1.29, 1.82) is 0 Å². The Morgan fingerprint density at radius 1 is 1.58 bits per heavy atom. The largest absolute Gasteiger partial charge is 0.389 e. The monoisotopic (exact) mass is 166 g/mol. The van der Waals surface area contributed by atoms with E-state index in [-0.39, 0.29) is 5.82 Å². The van der Waals surface area contributed by atoms with Gasteiger partial charge in [-0.1, -0.05) is 18.7 Å². The fourth-order valence-electron chi connectivity index (χ4n) is 1.10. The topological polar surface area (TPSA) is 20.2 Å². The van der Waals surface area contributed by atoms with Crippen LogP contribution in [0.25, 0.3) is 6.08 Å². The number of hydrogen-bond acceptors (Lipinski definition) is 1. The molecule has 1 atom stereocenters. The third kappa shape index (κ3) is 1.71. The minimum atomic E-state index is -0.585. The maximum atomic E-state index is 12.7. The molecule has 0 aliphatic heterocycles. The molecule has 12 heavy (non-hydrogen) atoms. The van der Waals surface area contributed by atoms with Gasteiger partial charge in [0.05, 0.1) is 6.10 Å². The second-order valence-electron chi connectivity index (χ2n) is 2.65. The summed E-state index contributed by atoms with van der Waals surface area (Å²) in [6.07, 6.45) is 0.948. The predicted molar refractivity (Wildman–Crippen MR) is 47.1 cm³/mol. The summed E-state index contributed by atoms with van der Waals surface area (Å²) < 4.78 is 12.7. The predicted octanol–water partition coefficient (Wildman–Crippen LogP) is 2.52. The molecule has 1 unspecified atom stereocenters. The Bertz CT molecular complexity index is 292. The summed E-state index contributed by atoms with van der Waals surface area (Å²) in [4.78, 5) is 0. The standard InChI is InChI=1S/C10H11FO/c1-3-8-6-9(11)4-5-10(8)7(2)12/h3-7,12H,1H2,2H3. The van der Waals surface area contributed by atoms with Crippen molar-refractivity contribution in [2.45, 2.75) is 13.0 Å². The van der Waals surface area contributed by atoms with Gasteiger partial charge in [0.1, 0.15) is 5.82 Å². The summed E-state index contributed by atoms with van der Waals surface area (Å²) >= 11 is 0. The van der Waals surface area contributed by atoms with Crippen molar-refractivity contribution in [2.24, 2.45) is 0 Å². The molecule has 0 aliphatic rings. The van der Waals surface area contributed by atoms with Crippen LogP contribution in [0.1, 0.15) is 24.2 Å². The molecule has 0 fully saturated rings. The van der Waals surface area contributed by atoms with Crippen molar-refractivity contribution in [3.63, 3.8) is 0 Å². The van der Waals surface area contributed by atoms with Crippen LogP contribution in [-0.4, -0.2) is 5.11 Å². The number of aliphatic hydroxyl groups is 1. The Hall–Kier alpha value is -1.15. The first-order chi connectivity index (χ1) is 5.65. The molecule has 1 aromatic rings. The molecule has 0 heterocycles. The molecule has 0 saturated heterocycles. The lowest BCUT2D eigenvalue weighted by molar-refractivity contribution is 0.199. The summed E-state index contributed by atoms with van der Waals surface area (Å²) in [5.74, 6) is -0.311. The summed E-state index contributed by atoms with van der Waals surface area (Å²) in [7, 11) is 0. The number of rotatable bonds is 2. The van der Waals surface area contributed by atoms with Gasteiger partial charge in [0.25, 0.3) is 0 Å².